The molecule has 1 aliphatic carbocycles. The minimum absolute atomic E-state index is 0.134. The van der Waals surface area contributed by atoms with E-state index in [4.69, 9.17) is 0 Å². The molecule has 0 unspecified atom stereocenters. The Bertz CT molecular complexity index is 2710. The number of alkyl carbamates (subject to hydrolysis) is 2. The molecule has 6 rings (SSSR count). The van der Waals surface area contributed by atoms with Gasteiger partial charge in [-0.3, -0.25) is 15.1 Å². The molecule has 2 fully saturated rings. The number of aliphatic hydroxyl groups is 1. The minimum Gasteiger partial charge on any atom is -0.453 e. The number of carbonyl (C=O) groups is 3. The van der Waals surface area contributed by atoms with E-state index in [1.807, 2.05) is 17.4 Å². The lowest BCUT2D eigenvalue weighted by molar-refractivity contribution is -0.222. The number of hydrogen-bond acceptors (Lipinski definition) is 11. The normalized spacial score (nSPS) is 16.4. The van der Waals surface area contributed by atoms with E-state index in [1.54, 1.807) is 30.5 Å². The highest BCUT2D eigenvalue weighted by Crippen LogP contribution is 2.43. The third-order valence-electron chi connectivity index (χ3n) is 14.7. The summed E-state index contributed by atoms with van der Waals surface area (Å²) in [4.78, 5) is 48.2. The Balaban J connectivity index is 1.30. The summed E-state index contributed by atoms with van der Waals surface area (Å²) in [6.45, 7) is 1.51. The summed E-state index contributed by atoms with van der Waals surface area (Å²) in [5, 5.41) is 20.4. The van der Waals surface area contributed by atoms with Gasteiger partial charge >= 0.3 is 31.1 Å². The molecule has 0 bridgehead atoms. The lowest BCUT2D eigenvalue weighted by Crippen LogP contribution is -2.62. The quantitative estimate of drug-likeness (QED) is 0.0379. The topological polar surface area (TPSA) is 166 Å². The molecule has 15 nitrogen and oxygen atoms in total. The van der Waals surface area contributed by atoms with Crippen molar-refractivity contribution in [2.45, 2.75) is 116 Å². The highest BCUT2D eigenvalue weighted by atomic mass is 19.4. The molecule has 25 heteroatoms. The molecule has 4 N–H and O–H groups in total. The first-order valence-electron chi connectivity index (χ1n) is 25.0. The van der Waals surface area contributed by atoms with Crippen LogP contribution < -0.4 is 21.0 Å². The van der Waals surface area contributed by atoms with Crippen molar-refractivity contribution in [2.24, 2.45) is 16.7 Å². The van der Waals surface area contributed by atoms with Crippen molar-refractivity contribution in [2.75, 3.05) is 51.8 Å². The van der Waals surface area contributed by atoms with Crippen molar-refractivity contribution in [1.82, 2.24) is 40.7 Å². The third kappa shape index (κ3) is 15.1. The number of ether oxygens (including phenoxy) is 2. The Hall–Kier alpha value is -6.65. The maximum atomic E-state index is 16.0. The van der Waals surface area contributed by atoms with E-state index in [0.29, 0.717) is 41.6 Å². The summed E-state index contributed by atoms with van der Waals surface area (Å²) in [6, 6.07) is 9.35. The first kappa shape index (κ1) is 60.6. The van der Waals surface area contributed by atoms with E-state index in [0.717, 1.165) is 84.5 Å². The number of hydrogen-bond donors (Lipinski definition) is 4. The molecule has 4 atom stereocenters. The highest BCUT2D eigenvalue weighted by molar-refractivity contribution is 5.86. The van der Waals surface area contributed by atoms with Gasteiger partial charge in [-0.05, 0) is 114 Å². The highest BCUT2D eigenvalue weighted by Gasteiger charge is 2.56. The molecule has 0 radical (unpaired) electrons. The molecule has 1 aliphatic heterocycles. The SMILES string of the molecule is COC(=O)N[C@H](C(=O)NN(Cc1c(F)cc(-c2ccn(C(F)F)n2)cc1F)C[C@H](O)[C@@H](CC[C@@H](NC(=O)OC)C(C)(C)C(F)(F)F)Cc1ccc(C#Cc2ccc(N3CCN(C4CCC4)CC3)nc2)cc1)C(C)(C)C(F)(F)F. The van der Waals surface area contributed by atoms with Gasteiger partial charge in [-0.1, -0.05) is 30.4 Å². The summed E-state index contributed by atoms with van der Waals surface area (Å²) in [7, 11) is 1.77. The van der Waals surface area contributed by atoms with Gasteiger partial charge in [-0.15, -0.1) is 0 Å². The van der Waals surface area contributed by atoms with Crippen molar-refractivity contribution in [1.29, 1.82) is 0 Å². The van der Waals surface area contributed by atoms with E-state index in [9.17, 15) is 54.6 Å². The largest absolute Gasteiger partial charge is 0.453 e. The van der Waals surface area contributed by atoms with Gasteiger partial charge in [-0.25, -0.2) is 33.0 Å². The number of aliphatic hydroxyl groups excluding tert-OH is 1. The number of methoxy groups -OCH3 is 2. The van der Waals surface area contributed by atoms with Crippen molar-refractivity contribution in [3.8, 4) is 23.1 Å². The molecule has 2 aromatic heterocycles. The Labute approximate surface area is 445 Å². The van der Waals surface area contributed by atoms with Crippen LogP contribution in [0.2, 0.25) is 0 Å². The van der Waals surface area contributed by atoms with Crippen molar-refractivity contribution in [3.05, 3.63) is 101 Å². The fourth-order valence-electron chi connectivity index (χ4n) is 9.06. The van der Waals surface area contributed by atoms with Crippen LogP contribution in [0.5, 0.6) is 0 Å². The van der Waals surface area contributed by atoms with Crippen LogP contribution in [0.25, 0.3) is 11.3 Å². The average Bonchev–Trinajstić information content (AvgIpc) is 3.92. The summed E-state index contributed by atoms with van der Waals surface area (Å²) >= 11 is 0. The summed E-state index contributed by atoms with van der Waals surface area (Å²) in [6.07, 6.45) is -9.17. The van der Waals surface area contributed by atoms with Crippen LogP contribution in [0.15, 0.2) is 67.0 Å². The number of halogens is 10. The Morgan fingerprint density at radius 1 is 0.808 bits per heavy atom. The van der Waals surface area contributed by atoms with Crippen LogP contribution in [0, 0.1) is 40.2 Å². The molecule has 2 aromatic carbocycles. The van der Waals surface area contributed by atoms with Crippen LogP contribution in [0.1, 0.15) is 88.6 Å². The summed E-state index contributed by atoms with van der Waals surface area (Å²) in [5.41, 5.74) is -3.26. The van der Waals surface area contributed by atoms with E-state index in [2.05, 4.69) is 51.9 Å². The van der Waals surface area contributed by atoms with Crippen molar-refractivity contribution in [3.63, 3.8) is 0 Å². The molecule has 426 valence electrons. The number of alkyl halides is 8. The zero-order valence-electron chi connectivity index (χ0n) is 43.8. The maximum absolute atomic E-state index is 16.0. The van der Waals surface area contributed by atoms with E-state index in [1.165, 1.54) is 19.3 Å². The number of carbonyl (C=O) groups excluding carboxylic acids is 3. The van der Waals surface area contributed by atoms with Crippen LogP contribution >= 0.6 is 0 Å². The predicted molar refractivity (Wildman–Crippen MR) is 266 cm³/mol. The number of rotatable bonds is 20. The molecule has 3 heterocycles. The lowest BCUT2D eigenvalue weighted by atomic mass is 9.78. The number of pyridine rings is 1. The standard InChI is InChI=1S/C53H63F10N9O6/c1-50(2,52(58,59)60)43(65-48(75)77-5)18-17-35(26-33-13-10-32(11-14-33)12-15-34-16-19-44(64-29-34)70-24-22-69(23-25-70)37-8-7-9-37)42(73)31-71(68-46(74)45(66-49(76)78-6)51(3,4)53(61,62)63)30-38-39(54)27-36(28-40(38)55)41-20-21-72(67-41)47(56)57/h10-11,13-14,16,19-21,27-29,35,37,42-43,45,47,73H,7-9,17-18,22-26,30-31H2,1-6H3,(H,65,75)(H,66,76)(H,68,74)/t35-,42-,43+,45+/m0/s1. The van der Waals surface area contributed by atoms with E-state index >= 15 is 8.78 Å². The average molecular weight is 1110 g/mol. The van der Waals surface area contributed by atoms with Crippen molar-refractivity contribution < 1.29 is 72.9 Å². The molecule has 78 heavy (non-hydrogen) atoms. The van der Waals surface area contributed by atoms with Gasteiger partial charge in [0.05, 0.1) is 36.8 Å². The first-order valence-corrected chi connectivity index (χ1v) is 25.0. The fraction of sp³-hybridized carbons (Fsp3) is 0.528. The zero-order valence-corrected chi connectivity index (χ0v) is 43.8. The number of anilines is 1. The first-order chi connectivity index (χ1) is 36.6. The van der Waals surface area contributed by atoms with Gasteiger partial charge in [-0.2, -0.15) is 40.2 Å². The number of aromatic nitrogens is 3. The third-order valence-corrected chi connectivity index (χ3v) is 14.7. The Morgan fingerprint density at radius 3 is 1.92 bits per heavy atom. The molecule has 0 spiro atoms. The number of hydrazine groups is 1. The second-order valence-electron chi connectivity index (χ2n) is 20.5. The lowest BCUT2D eigenvalue weighted by Gasteiger charge is -2.43. The van der Waals surface area contributed by atoms with Gasteiger partial charge in [0.15, 0.2) is 0 Å². The Morgan fingerprint density at radius 2 is 1.40 bits per heavy atom. The second kappa shape index (κ2) is 25.4. The summed E-state index contributed by atoms with van der Waals surface area (Å²) in [5.74, 6) is 1.53. The molecule has 1 saturated carbocycles. The second-order valence-corrected chi connectivity index (χ2v) is 20.5. The Kier molecular flexibility index (Phi) is 19.7. The van der Waals surface area contributed by atoms with Crippen molar-refractivity contribution >= 4 is 23.9 Å². The number of amides is 3. The van der Waals surface area contributed by atoms with Gasteiger partial charge in [0.25, 0.3) is 5.91 Å². The van der Waals surface area contributed by atoms with Gasteiger partial charge in [0.2, 0.25) is 0 Å². The predicted octanol–water partition coefficient (Wildman–Crippen LogP) is 9.15. The van der Waals surface area contributed by atoms with Crippen LogP contribution in [-0.4, -0.2) is 131 Å². The van der Waals surface area contributed by atoms with Crippen LogP contribution in [0.3, 0.4) is 0 Å². The molecular formula is C53H63F10N9O6. The number of piperazine rings is 1. The molecule has 1 saturated heterocycles. The van der Waals surface area contributed by atoms with Gasteiger partial charge < -0.3 is 30.1 Å². The number of nitrogens with zero attached hydrogens (tertiary/aromatic N) is 6. The van der Waals surface area contributed by atoms with E-state index < -0.39 is 109 Å². The van der Waals surface area contributed by atoms with Crippen LogP contribution in [0.4, 0.5) is 59.3 Å². The monoisotopic (exact) mass is 1110 g/mol. The van der Waals surface area contributed by atoms with Crippen LogP contribution in [-0.2, 0) is 27.2 Å². The zero-order chi connectivity index (χ0) is 57.3. The van der Waals surface area contributed by atoms with Gasteiger partial charge in [0, 0.05) is 86.0 Å². The molecule has 4 aromatic rings. The van der Waals surface area contributed by atoms with Gasteiger partial charge in [0.1, 0.15) is 23.5 Å². The summed E-state index contributed by atoms with van der Waals surface area (Å²) < 4.78 is 155. The fourth-order valence-corrected chi connectivity index (χ4v) is 9.06. The molecule has 2 aliphatic rings. The molecular weight excluding hydrogens is 1050 g/mol. The minimum atomic E-state index is -5.18. The molecule has 3 amide bonds. The number of benzene rings is 2. The number of nitrogens with one attached hydrogen (secondary N) is 3. The maximum Gasteiger partial charge on any atom is 0.407 e. The van der Waals surface area contributed by atoms with E-state index in [-0.39, 0.29) is 28.8 Å². The smallest absolute Gasteiger partial charge is 0.407 e.